The van der Waals surface area contributed by atoms with Crippen LogP contribution < -0.4 is 10.6 Å². The highest BCUT2D eigenvalue weighted by Crippen LogP contribution is 2.21. The third-order valence-electron chi connectivity index (χ3n) is 2.82. The number of nitrogens with one attached hydrogen (secondary N) is 2. The van der Waals surface area contributed by atoms with E-state index >= 15 is 0 Å². The molecule has 0 aliphatic rings. The first-order valence-corrected chi connectivity index (χ1v) is 7.17. The van der Waals surface area contributed by atoms with Gasteiger partial charge >= 0.3 is 5.69 Å². The van der Waals surface area contributed by atoms with Crippen molar-refractivity contribution in [1.29, 1.82) is 0 Å². The van der Waals surface area contributed by atoms with E-state index in [1.54, 1.807) is 7.11 Å². The van der Waals surface area contributed by atoms with Crippen molar-refractivity contribution in [2.75, 3.05) is 37.4 Å². The molecule has 0 spiro atoms. The fourth-order valence-corrected chi connectivity index (χ4v) is 1.72. The zero-order chi connectivity index (χ0) is 15.5. The van der Waals surface area contributed by atoms with Crippen LogP contribution in [0.25, 0.3) is 0 Å². The second-order valence-electron chi connectivity index (χ2n) is 4.59. The van der Waals surface area contributed by atoms with E-state index in [1.165, 1.54) is 6.20 Å². The molecule has 0 saturated heterocycles. The maximum absolute atomic E-state index is 11.0. The van der Waals surface area contributed by atoms with Crippen molar-refractivity contribution in [1.82, 2.24) is 9.97 Å². The maximum atomic E-state index is 11.0. The Morgan fingerprint density at radius 2 is 2.10 bits per heavy atom. The zero-order valence-electron chi connectivity index (χ0n) is 12.6. The Hall–Kier alpha value is -1.96. The first-order valence-electron chi connectivity index (χ1n) is 7.17. The van der Waals surface area contributed by atoms with Crippen LogP contribution in [-0.4, -0.2) is 41.7 Å². The van der Waals surface area contributed by atoms with Gasteiger partial charge in [0.2, 0.25) is 11.8 Å². The van der Waals surface area contributed by atoms with Crippen molar-refractivity contribution in [2.24, 2.45) is 0 Å². The zero-order valence-corrected chi connectivity index (χ0v) is 12.6. The minimum Gasteiger partial charge on any atom is -0.385 e. The topological polar surface area (TPSA) is 102 Å². The number of hydrogen-bond acceptors (Lipinski definition) is 7. The van der Waals surface area contributed by atoms with Gasteiger partial charge in [-0.1, -0.05) is 6.92 Å². The first kappa shape index (κ1) is 17.1. The lowest BCUT2D eigenvalue weighted by atomic mass is 10.2. The second kappa shape index (κ2) is 9.87. The smallest absolute Gasteiger partial charge is 0.329 e. The molecule has 0 aliphatic carbocycles. The molecule has 2 N–H and O–H groups in total. The Kier molecular flexibility index (Phi) is 8.03. The Bertz CT molecular complexity index is 442. The van der Waals surface area contributed by atoms with Crippen LogP contribution in [0.1, 0.15) is 32.6 Å². The van der Waals surface area contributed by atoms with Gasteiger partial charge in [-0.3, -0.25) is 10.1 Å². The highest BCUT2D eigenvalue weighted by atomic mass is 16.6. The minimum atomic E-state index is -0.475. The molecule has 0 bridgehead atoms. The minimum absolute atomic E-state index is 0.103. The van der Waals surface area contributed by atoms with E-state index in [0.717, 1.165) is 38.8 Å². The summed E-state index contributed by atoms with van der Waals surface area (Å²) in [7, 11) is 1.67. The summed E-state index contributed by atoms with van der Waals surface area (Å²) in [6, 6.07) is 0. The number of anilines is 2. The number of hydrogen-bond donors (Lipinski definition) is 2. The number of aromatic nitrogens is 2. The van der Waals surface area contributed by atoms with Gasteiger partial charge in [-0.25, -0.2) is 4.98 Å². The maximum Gasteiger partial charge on any atom is 0.329 e. The molecule has 0 fully saturated rings. The summed E-state index contributed by atoms with van der Waals surface area (Å²) in [6.07, 6.45) is 5.05. The van der Waals surface area contributed by atoms with Gasteiger partial charge in [-0.05, 0) is 25.7 Å². The van der Waals surface area contributed by atoms with E-state index in [2.05, 4.69) is 20.6 Å². The van der Waals surface area contributed by atoms with Crippen LogP contribution in [0.3, 0.4) is 0 Å². The number of unbranched alkanes of at least 4 members (excludes halogenated alkanes) is 2. The van der Waals surface area contributed by atoms with Crippen LogP contribution in [0.5, 0.6) is 0 Å². The number of nitrogens with zero attached hydrogens (tertiary/aromatic N) is 3. The van der Waals surface area contributed by atoms with Gasteiger partial charge in [0.25, 0.3) is 0 Å². The van der Waals surface area contributed by atoms with Crippen molar-refractivity contribution in [3.8, 4) is 0 Å². The number of rotatable bonds is 11. The summed E-state index contributed by atoms with van der Waals surface area (Å²) in [6.45, 7) is 4.12. The fraction of sp³-hybridized carbons (Fsp3) is 0.692. The summed E-state index contributed by atoms with van der Waals surface area (Å²) in [5, 5.41) is 17.0. The standard InChI is InChI=1S/C13H23N5O3/c1-3-7-15-13-16-10-11(18(19)20)12(17-13)14-8-5-4-6-9-21-2/h10H,3-9H2,1-2H3,(H2,14,15,16,17). The molecular weight excluding hydrogens is 274 g/mol. The van der Waals surface area contributed by atoms with Gasteiger partial charge in [0.05, 0.1) is 4.92 Å². The van der Waals surface area contributed by atoms with Gasteiger partial charge in [-0.2, -0.15) is 4.98 Å². The van der Waals surface area contributed by atoms with Crippen LogP contribution in [0.15, 0.2) is 6.20 Å². The lowest BCUT2D eigenvalue weighted by Crippen LogP contribution is -2.10. The van der Waals surface area contributed by atoms with Gasteiger partial charge < -0.3 is 15.4 Å². The van der Waals surface area contributed by atoms with E-state index in [0.29, 0.717) is 12.5 Å². The summed E-state index contributed by atoms with van der Waals surface area (Å²) in [5.41, 5.74) is -0.103. The van der Waals surface area contributed by atoms with Crippen molar-refractivity contribution >= 4 is 17.5 Å². The van der Waals surface area contributed by atoms with Gasteiger partial charge in [0.15, 0.2) is 0 Å². The van der Waals surface area contributed by atoms with Crippen LogP contribution in [0.4, 0.5) is 17.5 Å². The normalized spacial score (nSPS) is 10.4. The highest BCUT2D eigenvalue weighted by molar-refractivity contribution is 5.56. The van der Waals surface area contributed by atoms with E-state index in [1.807, 2.05) is 6.92 Å². The lowest BCUT2D eigenvalue weighted by Gasteiger charge is -2.08. The SMILES string of the molecule is CCCNc1ncc([N+](=O)[O-])c(NCCCCCOC)n1. The van der Waals surface area contributed by atoms with Gasteiger partial charge in [-0.15, -0.1) is 0 Å². The molecule has 0 radical (unpaired) electrons. The molecule has 0 aromatic carbocycles. The largest absolute Gasteiger partial charge is 0.385 e. The first-order chi connectivity index (χ1) is 10.2. The molecule has 1 rings (SSSR count). The molecule has 118 valence electrons. The predicted molar refractivity (Wildman–Crippen MR) is 81.7 cm³/mol. The molecule has 21 heavy (non-hydrogen) atoms. The molecule has 8 heteroatoms. The van der Waals surface area contributed by atoms with Crippen LogP contribution in [0.2, 0.25) is 0 Å². The quantitative estimate of drug-likeness (QED) is 0.367. The third-order valence-corrected chi connectivity index (χ3v) is 2.82. The Balaban J connectivity index is 2.57. The number of nitro groups is 1. The van der Waals surface area contributed by atoms with Gasteiger partial charge in [0.1, 0.15) is 6.20 Å². The third kappa shape index (κ3) is 6.35. The molecule has 1 heterocycles. The Labute approximate surface area is 124 Å². The predicted octanol–water partition coefficient (Wildman–Crippen LogP) is 2.44. The lowest BCUT2D eigenvalue weighted by molar-refractivity contribution is -0.384. The number of methoxy groups -OCH3 is 1. The average Bonchev–Trinajstić information content (AvgIpc) is 2.48. The Morgan fingerprint density at radius 3 is 2.76 bits per heavy atom. The molecule has 8 nitrogen and oxygen atoms in total. The molecule has 1 aromatic heterocycles. The van der Waals surface area contributed by atoms with E-state index < -0.39 is 4.92 Å². The molecular formula is C13H23N5O3. The fourth-order valence-electron chi connectivity index (χ4n) is 1.72. The second-order valence-corrected chi connectivity index (χ2v) is 4.59. The molecule has 0 unspecified atom stereocenters. The summed E-state index contributed by atoms with van der Waals surface area (Å²) in [4.78, 5) is 18.6. The van der Waals surface area contributed by atoms with Crippen molar-refractivity contribution < 1.29 is 9.66 Å². The van der Waals surface area contributed by atoms with Crippen LogP contribution in [0, 0.1) is 10.1 Å². The van der Waals surface area contributed by atoms with E-state index in [-0.39, 0.29) is 11.5 Å². The average molecular weight is 297 g/mol. The molecule has 0 saturated carbocycles. The van der Waals surface area contributed by atoms with Crippen molar-refractivity contribution in [3.05, 3.63) is 16.3 Å². The summed E-state index contributed by atoms with van der Waals surface area (Å²) < 4.78 is 4.97. The monoisotopic (exact) mass is 297 g/mol. The number of ether oxygens (including phenoxy) is 1. The summed E-state index contributed by atoms with van der Waals surface area (Å²) >= 11 is 0. The molecule has 0 atom stereocenters. The van der Waals surface area contributed by atoms with Crippen LogP contribution in [-0.2, 0) is 4.74 Å². The molecule has 1 aromatic rings. The summed E-state index contributed by atoms with van der Waals surface area (Å²) in [5.74, 6) is 0.671. The van der Waals surface area contributed by atoms with Crippen molar-refractivity contribution in [2.45, 2.75) is 32.6 Å². The van der Waals surface area contributed by atoms with Crippen LogP contribution >= 0.6 is 0 Å². The van der Waals surface area contributed by atoms with Gasteiger partial charge in [0, 0.05) is 26.8 Å². The van der Waals surface area contributed by atoms with Crippen molar-refractivity contribution in [3.63, 3.8) is 0 Å². The highest BCUT2D eigenvalue weighted by Gasteiger charge is 2.16. The molecule has 0 aliphatic heterocycles. The van der Waals surface area contributed by atoms with E-state index in [9.17, 15) is 10.1 Å². The molecule has 0 amide bonds. The van der Waals surface area contributed by atoms with E-state index in [4.69, 9.17) is 4.74 Å². The Morgan fingerprint density at radius 1 is 1.29 bits per heavy atom.